The number of thiophene rings is 1. The van der Waals surface area contributed by atoms with Crippen molar-refractivity contribution in [3.05, 3.63) is 35.5 Å². The van der Waals surface area contributed by atoms with Gasteiger partial charge in [-0.25, -0.2) is 9.97 Å². The minimum absolute atomic E-state index is 0.187. The standard InChI is InChI=1S/C14H12N4O2S/c1-8-5-10-13(16-7-11(19)20)17-12(18-14(10)21-8)9-3-2-4-15-6-9/h2-6H,7H2,1H3,(H,19,20)(H,16,17,18). The van der Waals surface area contributed by atoms with E-state index in [0.717, 1.165) is 20.7 Å². The average molecular weight is 300 g/mol. The molecule has 0 saturated carbocycles. The number of pyridine rings is 1. The molecule has 0 amide bonds. The molecular formula is C14H12N4O2S. The lowest BCUT2D eigenvalue weighted by Crippen LogP contribution is -2.13. The van der Waals surface area contributed by atoms with Crippen LogP contribution in [-0.4, -0.2) is 32.6 Å². The van der Waals surface area contributed by atoms with Gasteiger partial charge >= 0.3 is 5.97 Å². The molecule has 0 aliphatic carbocycles. The summed E-state index contributed by atoms with van der Waals surface area (Å²) in [4.78, 5) is 25.7. The van der Waals surface area contributed by atoms with Crippen LogP contribution < -0.4 is 5.32 Å². The van der Waals surface area contributed by atoms with Crippen LogP contribution >= 0.6 is 11.3 Å². The number of anilines is 1. The molecule has 6 nitrogen and oxygen atoms in total. The number of nitrogens with one attached hydrogen (secondary N) is 1. The van der Waals surface area contributed by atoms with Crippen molar-refractivity contribution in [3.8, 4) is 11.4 Å². The molecule has 7 heteroatoms. The SMILES string of the molecule is Cc1cc2c(NCC(=O)O)nc(-c3cccnc3)nc2s1. The lowest BCUT2D eigenvalue weighted by atomic mass is 10.2. The number of aromatic nitrogens is 3. The second kappa shape index (κ2) is 5.45. The highest BCUT2D eigenvalue weighted by Crippen LogP contribution is 2.30. The Morgan fingerprint density at radius 1 is 1.43 bits per heavy atom. The van der Waals surface area contributed by atoms with Crippen LogP contribution in [0, 0.1) is 6.92 Å². The number of carboxylic acid groups (broad SMARTS) is 1. The summed E-state index contributed by atoms with van der Waals surface area (Å²) in [6.45, 7) is 1.80. The first kappa shape index (κ1) is 13.4. The van der Waals surface area contributed by atoms with Crippen molar-refractivity contribution < 1.29 is 9.90 Å². The highest BCUT2D eigenvalue weighted by molar-refractivity contribution is 7.18. The molecule has 0 aliphatic rings. The predicted octanol–water partition coefficient (Wildman–Crippen LogP) is 2.56. The molecule has 0 spiro atoms. The second-order valence-electron chi connectivity index (χ2n) is 4.46. The normalized spacial score (nSPS) is 10.7. The molecule has 21 heavy (non-hydrogen) atoms. The number of fused-ring (bicyclic) bond motifs is 1. The van der Waals surface area contributed by atoms with Crippen LogP contribution in [0.2, 0.25) is 0 Å². The Balaban J connectivity index is 2.12. The number of hydrogen-bond donors (Lipinski definition) is 2. The van der Waals surface area contributed by atoms with Gasteiger partial charge in [0.25, 0.3) is 0 Å². The molecule has 0 aliphatic heterocycles. The molecule has 3 aromatic rings. The maximum atomic E-state index is 10.8. The Hall–Kier alpha value is -2.54. The number of aliphatic carboxylic acids is 1. The van der Waals surface area contributed by atoms with Gasteiger partial charge in [0.15, 0.2) is 5.82 Å². The Morgan fingerprint density at radius 2 is 2.29 bits per heavy atom. The van der Waals surface area contributed by atoms with Crippen molar-refractivity contribution in [2.45, 2.75) is 6.92 Å². The molecule has 3 rings (SSSR count). The van der Waals surface area contributed by atoms with E-state index in [0.29, 0.717) is 11.6 Å². The molecule has 0 unspecified atom stereocenters. The van der Waals surface area contributed by atoms with Gasteiger partial charge in [0.2, 0.25) is 0 Å². The number of hydrogen-bond acceptors (Lipinski definition) is 6. The third kappa shape index (κ3) is 2.82. The van der Waals surface area contributed by atoms with Crippen LogP contribution in [0.4, 0.5) is 5.82 Å². The summed E-state index contributed by atoms with van der Waals surface area (Å²) in [5.74, 6) is 0.132. The number of aryl methyl sites for hydroxylation is 1. The lowest BCUT2D eigenvalue weighted by Gasteiger charge is -2.07. The van der Waals surface area contributed by atoms with E-state index >= 15 is 0 Å². The zero-order valence-electron chi connectivity index (χ0n) is 11.2. The fraction of sp³-hybridized carbons (Fsp3) is 0.143. The predicted molar refractivity (Wildman–Crippen MR) is 81.5 cm³/mol. The van der Waals surface area contributed by atoms with Gasteiger partial charge in [-0.15, -0.1) is 11.3 Å². The highest BCUT2D eigenvalue weighted by Gasteiger charge is 2.12. The minimum Gasteiger partial charge on any atom is -0.480 e. The molecule has 0 fully saturated rings. The van der Waals surface area contributed by atoms with Crippen LogP contribution in [-0.2, 0) is 4.79 Å². The summed E-state index contributed by atoms with van der Waals surface area (Å²) in [6.07, 6.45) is 3.36. The number of rotatable bonds is 4. The Morgan fingerprint density at radius 3 is 3.00 bits per heavy atom. The summed E-state index contributed by atoms with van der Waals surface area (Å²) >= 11 is 1.55. The van der Waals surface area contributed by atoms with Crippen molar-refractivity contribution in [2.75, 3.05) is 11.9 Å². The van der Waals surface area contributed by atoms with Crippen LogP contribution in [0.5, 0.6) is 0 Å². The molecule has 2 N–H and O–H groups in total. The van der Waals surface area contributed by atoms with Crippen LogP contribution in [0.1, 0.15) is 4.88 Å². The molecule has 106 valence electrons. The van der Waals surface area contributed by atoms with Crippen molar-refractivity contribution in [2.24, 2.45) is 0 Å². The van der Waals surface area contributed by atoms with Crippen LogP contribution in [0.3, 0.4) is 0 Å². The fourth-order valence-corrected chi connectivity index (χ4v) is 2.84. The topological polar surface area (TPSA) is 88.0 Å². The van der Waals surface area contributed by atoms with E-state index in [-0.39, 0.29) is 6.54 Å². The number of carbonyl (C=O) groups is 1. The third-order valence-electron chi connectivity index (χ3n) is 2.84. The van der Waals surface area contributed by atoms with Gasteiger partial charge < -0.3 is 10.4 Å². The van der Waals surface area contributed by atoms with Gasteiger partial charge in [-0.3, -0.25) is 9.78 Å². The van der Waals surface area contributed by atoms with Crippen molar-refractivity contribution in [3.63, 3.8) is 0 Å². The van der Waals surface area contributed by atoms with Crippen molar-refractivity contribution in [1.82, 2.24) is 15.0 Å². The number of carboxylic acids is 1. The quantitative estimate of drug-likeness (QED) is 0.770. The first-order chi connectivity index (χ1) is 10.1. The minimum atomic E-state index is -0.934. The smallest absolute Gasteiger partial charge is 0.322 e. The van der Waals surface area contributed by atoms with E-state index in [2.05, 4.69) is 20.3 Å². The van der Waals surface area contributed by atoms with Gasteiger partial charge in [0, 0.05) is 22.8 Å². The van der Waals surface area contributed by atoms with Crippen LogP contribution in [0.15, 0.2) is 30.6 Å². The Kier molecular flexibility index (Phi) is 3.49. The van der Waals surface area contributed by atoms with Crippen molar-refractivity contribution >= 4 is 33.3 Å². The van der Waals surface area contributed by atoms with E-state index in [1.54, 1.807) is 23.7 Å². The van der Waals surface area contributed by atoms with E-state index < -0.39 is 5.97 Å². The lowest BCUT2D eigenvalue weighted by molar-refractivity contribution is -0.134. The Bertz CT molecular complexity index is 801. The first-order valence-corrected chi connectivity index (χ1v) is 7.09. The third-order valence-corrected chi connectivity index (χ3v) is 3.79. The second-order valence-corrected chi connectivity index (χ2v) is 5.70. The van der Waals surface area contributed by atoms with Gasteiger partial charge in [-0.2, -0.15) is 0 Å². The van der Waals surface area contributed by atoms with E-state index in [4.69, 9.17) is 5.11 Å². The summed E-state index contributed by atoms with van der Waals surface area (Å²) in [5, 5.41) is 12.5. The molecule has 0 saturated heterocycles. The highest BCUT2D eigenvalue weighted by atomic mass is 32.1. The van der Waals surface area contributed by atoms with Gasteiger partial charge in [-0.1, -0.05) is 0 Å². The monoisotopic (exact) mass is 300 g/mol. The molecular weight excluding hydrogens is 288 g/mol. The van der Waals surface area contributed by atoms with Gasteiger partial charge in [0.1, 0.15) is 17.2 Å². The summed E-state index contributed by atoms with van der Waals surface area (Å²) in [6, 6.07) is 5.64. The summed E-state index contributed by atoms with van der Waals surface area (Å²) < 4.78 is 0. The van der Waals surface area contributed by atoms with E-state index in [9.17, 15) is 4.79 Å². The van der Waals surface area contributed by atoms with E-state index in [1.165, 1.54) is 0 Å². The zero-order valence-corrected chi connectivity index (χ0v) is 12.0. The number of nitrogens with zero attached hydrogens (tertiary/aromatic N) is 3. The fourth-order valence-electron chi connectivity index (χ4n) is 1.96. The zero-order chi connectivity index (χ0) is 14.8. The maximum absolute atomic E-state index is 10.8. The van der Waals surface area contributed by atoms with E-state index in [1.807, 2.05) is 25.1 Å². The first-order valence-electron chi connectivity index (χ1n) is 6.28. The molecule has 0 bridgehead atoms. The van der Waals surface area contributed by atoms with Crippen LogP contribution in [0.25, 0.3) is 21.6 Å². The largest absolute Gasteiger partial charge is 0.480 e. The molecule has 0 radical (unpaired) electrons. The Labute approximate surface area is 124 Å². The molecule has 3 heterocycles. The van der Waals surface area contributed by atoms with Gasteiger partial charge in [0.05, 0.1) is 5.39 Å². The molecule has 0 atom stereocenters. The maximum Gasteiger partial charge on any atom is 0.322 e. The summed E-state index contributed by atoms with van der Waals surface area (Å²) in [5.41, 5.74) is 0.795. The van der Waals surface area contributed by atoms with Crippen molar-refractivity contribution in [1.29, 1.82) is 0 Å². The molecule has 0 aromatic carbocycles. The average Bonchev–Trinajstić information content (AvgIpc) is 2.85. The summed E-state index contributed by atoms with van der Waals surface area (Å²) in [7, 11) is 0. The van der Waals surface area contributed by atoms with Gasteiger partial charge in [-0.05, 0) is 25.1 Å². The molecule has 3 aromatic heterocycles.